The van der Waals surface area contributed by atoms with Crippen molar-refractivity contribution in [2.45, 2.75) is 26.8 Å². The first-order valence-corrected chi connectivity index (χ1v) is 12.4. The molecule has 0 aliphatic carbocycles. The molecule has 0 atom stereocenters. The van der Waals surface area contributed by atoms with Gasteiger partial charge in [-0.3, -0.25) is 14.9 Å². The van der Waals surface area contributed by atoms with E-state index in [4.69, 9.17) is 0 Å². The summed E-state index contributed by atoms with van der Waals surface area (Å²) < 4.78 is 2.34. The van der Waals surface area contributed by atoms with E-state index in [2.05, 4.69) is 28.4 Å². The van der Waals surface area contributed by atoms with Crippen LogP contribution in [0.2, 0.25) is 0 Å². The maximum absolute atomic E-state index is 13.7. The number of aryl methyl sites for hydroxylation is 2. The van der Waals surface area contributed by atoms with Gasteiger partial charge in [0.05, 0.1) is 15.9 Å². The molecule has 5 aromatic rings. The summed E-state index contributed by atoms with van der Waals surface area (Å²) in [5.41, 5.74) is 4.32. The van der Waals surface area contributed by atoms with Gasteiger partial charge in [0.1, 0.15) is 5.56 Å². The van der Waals surface area contributed by atoms with Crippen LogP contribution in [-0.2, 0) is 13.0 Å². The lowest BCUT2D eigenvalue weighted by Gasteiger charge is -2.16. The molecule has 0 radical (unpaired) electrons. The van der Waals surface area contributed by atoms with Crippen LogP contribution in [0, 0.1) is 0 Å². The Hall–Kier alpha value is -4.10. The van der Waals surface area contributed by atoms with Crippen LogP contribution in [0.4, 0.5) is 5.13 Å². The Bertz CT molecular complexity index is 1570. The van der Waals surface area contributed by atoms with Gasteiger partial charge in [0.15, 0.2) is 5.13 Å². The zero-order chi connectivity index (χ0) is 24.4. The van der Waals surface area contributed by atoms with Gasteiger partial charge in [0.25, 0.3) is 11.5 Å². The highest BCUT2D eigenvalue weighted by molar-refractivity contribution is 7.22. The van der Waals surface area contributed by atoms with Crippen LogP contribution in [-0.4, -0.2) is 20.7 Å². The maximum Gasteiger partial charge on any atom is 0.280 e. The van der Waals surface area contributed by atoms with Crippen molar-refractivity contribution in [3.63, 3.8) is 0 Å². The van der Waals surface area contributed by atoms with E-state index in [0.717, 1.165) is 27.8 Å². The summed E-state index contributed by atoms with van der Waals surface area (Å²) in [6.45, 7) is 4.28. The highest BCUT2D eigenvalue weighted by Gasteiger charge is 2.25. The van der Waals surface area contributed by atoms with Crippen LogP contribution in [0.1, 0.15) is 29.8 Å². The molecule has 6 nitrogen and oxygen atoms in total. The summed E-state index contributed by atoms with van der Waals surface area (Å²) >= 11 is 1.40. The number of rotatable bonds is 6. The van der Waals surface area contributed by atoms with Gasteiger partial charge in [-0.2, -0.15) is 5.10 Å². The minimum Gasteiger partial charge on any atom is -0.298 e. The third kappa shape index (κ3) is 4.38. The quantitative estimate of drug-likeness (QED) is 0.322. The molecule has 0 unspecified atom stereocenters. The molecule has 0 fully saturated rings. The van der Waals surface area contributed by atoms with Crippen LogP contribution in [0.15, 0.2) is 83.7 Å². The van der Waals surface area contributed by atoms with Gasteiger partial charge in [-0.05, 0) is 36.6 Å². The average Bonchev–Trinajstić information content (AvgIpc) is 3.30. The van der Waals surface area contributed by atoms with Crippen LogP contribution < -0.4 is 10.9 Å². The average molecular weight is 481 g/mol. The smallest absolute Gasteiger partial charge is 0.280 e. The predicted molar refractivity (Wildman–Crippen MR) is 142 cm³/mol. The Labute approximate surface area is 206 Å². The Morgan fingerprint density at radius 2 is 1.63 bits per heavy atom. The fourth-order valence-corrected chi connectivity index (χ4v) is 5.01. The van der Waals surface area contributed by atoms with Crippen molar-refractivity contribution in [3.05, 3.63) is 100 Å². The van der Waals surface area contributed by atoms with E-state index in [1.165, 1.54) is 21.6 Å². The standard InChI is InChI=1S/C28H24N4O2S/c1-3-18-15-16-21-22(17-18)35-28(29-21)30-26(33)24-23(19-11-7-5-8-12-19)25(20-13-9-6-10-14-20)31-32(4-2)27(24)34/h5-17H,3-4H2,1-2H3,(H,29,30,33). The number of amides is 1. The molecular formula is C28H24N4O2S. The summed E-state index contributed by atoms with van der Waals surface area (Å²) in [6, 6.07) is 25.1. The van der Waals surface area contributed by atoms with Crippen molar-refractivity contribution in [1.82, 2.24) is 14.8 Å². The monoisotopic (exact) mass is 480 g/mol. The third-order valence-corrected chi connectivity index (χ3v) is 6.81. The van der Waals surface area contributed by atoms with E-state index < -0.39 is 11.5 Å². The lowest BCUT2D eigenvalue weighted by atomic mass is 9.95. The number of benzene rings is 3. The molecule has 0 saturated carbocycles. The molecule has 5 rings (SSSR count). The van der Waals surface area contributed by atoms with Gasteiger partial charge in [0, 0.05) is 17.7 Å². The zero-order valence-corrected chi connectivity index (χ0v) is 20.3. The van der Waals surface area contributed by atoms with E-state index in [1.54, 1.807) is 0 Å². The molecule has 0 bridgehead atoms. The molecule has 2 aromatic heterocycles. The van der Waals surface area contributed by atoms with Crippen molar-refractivity contribution >= 4 is 32.6 Å². The molecule has 35 heavy (non-hydrogen) atoms. The van der Waals surface area contributed by atoms with Crippen LogP contribution in [0.5, 0.6) is 0 Å². The first-order valence-electron chi connectivity index (χ1n) is 11.6. The number of nitrogens with zero attached hydrogens (tertiary/aromatic N) is 3. The number of carbonyl (C=O) groups excluding carboxylic acids is 1. The van der Waals surface area contributed by atoms with E-state index in [0.29, 0.717) is 22.9 Å². The SMILES string of the molecule is CCc1ccc2nc(NC(=O)c3c(-c4ccccc4)c(-c4ccccc4)nn(CC)c3=O)sc2c1. The summed E-state index contributed by atoms with van der Waals surface area (Å²) in [4.78, 5) is 31.8. The Morgan fingerprint density at radius 3 is 2.29 bits per heavy atom. The maximum atomic E-state index is 13.7. The van der Waals surface area contributed by atoms with Crippen molar-refractivity contribution in [2.75, 3.05) is 5.32 Å². The molecule has 2 heterocycles. The largest absolute Gasteiger partial charge is 0.298 e. The fourth-order valence-electron chi connectivity index (χ4n) is 4.08. The topological polar surface area (TPSA) is 76.9 Å². The second-order valence-electron chi connectivity index (χ2n) is 8.08. The number of anilines is 1. The molecule has 0 saturated heterocycles. The summed E-state index contributed by atoms with van der Waals surface area (Å²) in [6.07, 6.45) is 0.922. The van der Waals surface area contributed by atoms with Crippen molar-refractivity contribution in [1.29, 1.82) is 0 Å². The number of hydrogen-bond acceptors (Lipinski definition) is 5. The van der Waals surface area contributed by atoms with Gasteiger partial charge in [-0.1, -0.05) is 85.0 Å². The molecule has 7 heteroatoms. The lowest BCUT2D eigenvalue weighted by Crippen LogP contribution is -2.32. The normalized spacial score (nSPS) is 11.0. The van der Waals surface area contributed by atoms with Crippen molar-refractivity contribution < 1.29 is 4.79 Å². The fraction of sp³-hybridized carbons (Fsp3) is 0.143. The molecule has 1 amide bonds. The number of hydrogen-bond donors (Lipinski definition) is 1. The first-order chi connectivity index (χ1) is 17.1. The summed E-state index contributed by atoms with van der Waals surface area (Å²) in [5.74, 6) is -0.495. The minimum absolute atomic E-state index is 0.0559. The number of aromatic nitrogens is 3. The highest BCUT2D eigenvalue weighted by atomic mass is 32.1. The van der Waals surface area contributed by atoms with Gasteiger partial charge in [0.2, 0.25) is 0 Å². The Kier molecular flexibility index (Phi) is 6.25. The zero-order valence-electron chi connectivity index (χ0n) is 19.5. The van der Waals surface area contributed by atoms with Crippen LogP contribution in [0.3, 0.4) is 0 Å². The highest BCUT2D eigenvalue weighted by Crippen LogP contribution is 2.33. The molecule has 0 spiro atoms. The third-order valence-electron chi connectivity index (χ3n) is 5.87. The van der Waals surface area contributed by atoms with E-state index in [9.17, 15) is 9.59 Å². The molecule has 174 valence electrons. The van der Waals surface area contributed by atoms with Crippen LogP contribution in [0.25, 0.3) is 32.6 Å². The number of fused-ring (bicyclic) bond motifs is 1. The van der Waals surface area contributed by atoms with E-state index in [-0.39, 0.29) is 5.56 Å². The number of thiazole rings is 1. The van der Waals surface area contributed by atoms with Gasteiger partial charge in [-0.25, -0.2) is 9.67 Å². The second-order valence-corrected chi connectivity index (χ2v) is 9.11. The predicted octanol–water partition coefficient (Wildman–Crippen LogP) is 6.02. The molecule has 1 N–H and O–H groups in total. The summed E-state index contributed by atoms with van der Waals surface area (Å²) in [5, 5.41) is 8.00. The second kappa shape index (κ2) is 9.64. The molecule has 3 aromatic carbocycles. The number of nitrogens with one attached hydrogen (secondary N) is 1. The molecule has 0 aliphatic rings. The van der Waals surface area contributed by atoms with Crippen molar-refractivity contribution in [2.24, 2.45) is 0 Å². The summed E-state index contributed by atoms with van der Waals surface area (Å²) in [7, 11) is 0. The Morgan fingerprint density at radius 1 is 0.943 bits per heavy atom. The number of carbonyl (C=O) groups is 1. The van der Waals surface area contributed by atoms with Crippen LogP contribution >= 0.6 is 11.3 Å². The lowest BCUT2D eigenvalue weighted by molar-refractivity contribution is 0.102. The van der Waals surface area contributed by atoms with Gasteiger partial charge in [-0.15, -0.1) is 0 Å². The van der Waals surface area contributed by atoms with Gasteiger partial charge >= 0.3 is 0 Å². The van der Waals surface area contributed by atoms with Gasteiger partial charge < -0.3 is 0 Å². The van der Waals surface area contributed by atoms with Crippen molar-refractivity contribution in [3.8, 4) is 22.4 Å². The molecule has 0 aliphatic heterocycles. The molecular weight excluding hydrogens is 456 g/mol. The minimum atomic E-state index is -0.495. The first kappa shape index (κ1) is 22.7. The van der Waals surface area contributed by atoms with E-state index >= 15 is 0 Å². The Balaban J connectivity index is 1.68. The van der Waals surface area contributed by atoms with E-state index in [1.807, 2.05) is 79.7 Å².